The number of H-pyrrole nitrogens is 2. The van der Waals surface area contributed by atoms with Crippen molar-refractivity contribution in [1.82, 2.24) is 14.9 Å². The molecule has 1 amide bonds. The van der Waals surface area contributed by atoms with Crippen LogP contribution in [0, 0.1) is 6.92 Å². The van der Waals surface area contributed by atoms with Gasteiger partial charge in [0.2, 0.25) is 5.91 Å². The maximum Gasteiger partial charge on any atom is 0.323 e. The number of ether oxygens (including phenoxy) is 1. The molecule has 3 rings (SSSR count). The van der Waals surface area contributed by atoms with Crippen LogP contribution in [0.3, 0.4) is 0 Å². The number of nitrogens with one attached hydrogen (secondary N) is 3. The molecule has 0 saturated heterocycles. The number of aryl methyl sites for hydroxylation is 1. The Bertz CT molecular complexity index is 1020. The number of amides is 1. The van der Waals surface area contributed by atoms with Crippen molar-refractivity contribution in [2.45, 2.75) is 26.4 Å². The van der Waals surface area contributed by atoms with Crippen LogP contribution >= 0.6 is 0 Å². The highest BCUT2D eigenvalue weighted by Gasteiger charge is 2.20. The molecule has 0 aliphatic carbocycles. The maximum atomic E-state index is 12.6. The number of hydrogen-bond acceptors (Lipinski definition) is 4. The lowest BCUT2D eigenvalue weighted by Crippen LogP contribution is -2.39. The average molecular weight is 368 g/mol. The summed E-state index contributed by atoms with van der Waals surface area (Å²) in [6.07, 6.45) is 0. The molecule has 7 heteroatoms. The summed E-state index contributed by atoms with van der Waals surface area (Å²) in [4.78, 5) is 31.3. The standard InChI is InChI=1S/C20H24N4O3/c1-12-5-8-18(27-4)14(9-12)11-24(3)13(2)19(25)21-15-6-7-16-17(10-15)23-20(26)22-16/h5-10,13H,11H2,1-4H3,(H,21,25)(H2,22,23,26). The third-order valence-corrected chi connectivity index (χ3v) is 4.68. The number of likely N-dealkylation sites (N-methyl/N-ethyl adjacent to an activating group) is 1. The zero-order chi connectivity index (χ0) is 19.6. The minimum atomic E-state index is -0.351. The molecule has 0 saturated carbocycles. The SMILES string of the molecule is COc1ccc(C)cc1CN(C)C(C)C(=O)Nc1ccc2[nH]c(=O)[nH]c2c1. The van der Waals surface area contributed by atoms with Gasteiger partial charge in [0.15, 0.2) is 0 Å². The van der Waals surface area contributed by atoms with Gasteiger partial charge in [0, 0.05) is 17.8 Å². The van der Waals surface area contributed by atoms with Crippen molar-refractivity contribution >= 4 is 22.6 Å². The third-order valence-electron chi connectivity index (χ3n) is 4.68. The third kappa shape index (κ3) is 4.20. The van der Waals surface area contributed by atoms with E-state index in [4.69, 9.17) is 4.74 Å². The lowest BCUT2D eigenvalue weighted by molar-refractivity contribution is -0.120. The number of methoxy groups -OCH3 is 1. The maximum absolute atomic E-state index is 12.6. The number of imidazole rings is 1. The first-order chi connectivity index (χ1) is 12.9. The Morgan fingerprint density at radius 1 is 1.19 bits per heavy atom. The van der Waals surface area contributed by atoms with Crippen molar-refractivity contribution in [3.05, 3.63) is 58.0 Å². The van der Waals surface area contributed by atoms with Crippen LogP contribution in [0.5, 0.6) is 5.75 Å². The molecule has 1 atom stereocenters. The number of benzene rings is 2. The summed E-state index contributed by atoms with van der Waals surface area (Å²) in [5, 5.41) is 2.90. The molecule has 2 aromatic carbocycles. The van der Waals surface area contributed by atoms with Gasteiger partial charge in [0.25, 0.3) is 0 Å². The molecule has 142 valence electrons. The van der Waals surface area contributed by atoms with Crippen molar-refractivity contribution < 1.29 is 9.53 Å². The molecule has 27 heavy (non-hydrogen) atoms. The lowest BCUT2D eigenvalue weighted by atomic mass is 10.1. The summed E-state index contributed by atoms with van der Waals surface area (Å²) in [5.74, 6) is 0.684. The van der Waals surface area contributed by atoms with Gasteiger partial charge in [-0.25, -0.2) is 4.79 Å². The number of rotatable bonds is 6. The minimum Gasteiger partial charge on any atom is -0.496 e. The second kappa shape index (κ2) is 7.67. The highest BCUT2D eigenvalue weighted by molar-refractivity contribution is 5.96. The van der Waals surface area contributed by atoms with Gasteiger partial charge < -0.3 is 20.0 Å². The molecule has 0 aliphatic heterocycles. The van der Waals surface area contributed by atoms with Crippen molar-refractivity contribution in [3.63, 3.8) is 0 Å². The zero-order valence-electron chi connectivity index (χ0n) is 15.9. The van der Waals surface area contributed by atoms with E-state index < -0.39 is 0 Å². The van der Waals surface area contributed by atoms with E-state index in [1.54, 1.807) is 25.3 Å². The largest absolute Gasteiger partial charge is 0.496 e. The molecule has 0 aliphatic rings. The van der Waals surface area contributed by atoms with Crippen molar-refractivity contribution in [2.24, 2.45) is 0 Å². The Kier molecular flexibility index (Phi) is 5.32. The molecule has 0 spiro atoms. The van der Waals surface area contributed by atoms with Crippen LogP contribution in [-0.2, 0) is 11.3 Å². The first kappa shape index (κ1) is 18.7. The van der Waals surface area contributed by atoms with Gasteiger partial charge in [0.1, 0.15) is 5.75 Å². The van der Waals surface area contributed by atoms with E-state index in [2.05, 4.69) is 21.4 Å². The number of carbonyl (C=O) groups is 1. The molecule has 1 heterocycles. The predicted molar refractivity (Wildman–Crippen MR) is 106 cm³/mol. The van der Waals surface area contributed by atoms with Gasteiger partial charge in [-0.3, -0.25) is 9.69 Å². The van der Waals surface area contributed by atoms with Gasteiger partial charge in [-0.2, -0.15) is 0 Å². The van der Waals surface area contributed by atoms with E-state index in [1.807, 2.05) is 37.9 Å². The van der Waals surface area contributed by atoms with Crippen molar-refractivity contribution in [3.8, 4) is 5.75 Å². The predicted octanol–water partition coefficient (Wildman–Crippen LogP) is 2.63. The molecule has 1 aromatic heterocycles. The summed E-state index contributed by atoms with van der Waals surface area (Å²) >= 11 is 0. The lowest BCUT2D eigenvalue weighted by Gasteiger charge is -2.25. The van der Waals surface area contributed by atoms with Crippen LogP contribution in [0.1, 0.15) is 18.1 Å². The minimum absolute atomic E-state index is 0.124. The number of aromatic amines is 2. The molecule has 0 radical (unpaired) electrons. The van der Waals surface area contributed by atoms with Crippen LogP contribution in [-0.4, -0.2) is 41.0 Å². The van der Waals surface area contributed by atoms with E-state index in [0.29, 0.717) is 23.3 Å². The van der Waals surface area contributed by atoms with Gasteiger partial charge in [0.05, 0.1) is 24.2 Å². The molecule has 0 bridgehead atoms. The Labute approximate surface area is 157 Å². The van der Waals surface area contributed by atoms with Crippen molar-refractivity contribution in [2.75, 3.05) is 19.5 Å². The smallest absolute Gasteiger partial charge is 0.323 e. The zero-order valence-corrected chi connectivity index (χ0v) is 15.9. The summed E-state index contributed by atoms with van der Waals surface area (Å²) < 4.78 is 5.42. The fraction of sp³-hybridized carbons (Fsp3) is 0.300. The van der Waals surface area contributed by atoms with Gasteiger partial charge in [-0.1, -0.05) is 17.7 Å². The van der Waals surface area contributed by atoms with Gasteiger partial charge in [-0.05, 0) is 45.2 Å². The number of hydrogen-bond donors (Lipinski definition) is 3. The Balaban J connectivity index is 1.70. The number of anilines is 1. The molecule has 3 aromatic rings. The van der Waals surface area contributed by atoms with Crippen LogP contribution in [0.15, 0.2) is 41.2 Å². The van der Waals surface area contributed by atoms with Crippen LogP contribution in [0.25, 0.3) is 11.0 Å². The molecule has 1 unspecified atom stereocenters. The van der Waals surface area contributed by atoms with E-state index in [-0.39, 0.29) is 17.6 Å². The second-order valence-corrected chi connectivity index (χ2v) is 6.74. The molecule has 3 N–H and O–H groups in total. The molecular formula is C20H24N4O3. The quantitative estimate of drug-likeness (QED) is 0.624. The summed E-state index contributed by atoms with van der Waals surface area (Å²) in [6.45, 7) is 4.47. The molecule has 0 fully saturated rings. The van der Waals surface area contributed by atoms with Crippen LogP contribution < -0.4 is 15.7 Å². The normalized spacial score (nSPS) is 12.3. The average Bonchev–Trinajstić information content (AvgIpc) is 3.00. The Morgan fingerprint density at radius 2 is 1.93 bits per heavy atom. The summed E-state index contributed by atoms with van der Waals surface area (Å²) in [6, 6.07) is 10.9. The number of carbonyl (C=O) groups excluding carboxylic acids is 1. The summed E-state index contributed by atoms with van der Waals surface area (Å²) in [7, 11) is 3.55. The first-order valence-electron chi connectivity index (χ1n) is 8.74. The van der Waals surface area contributed by atoms with Gasteiger partial charge >= 0.3 is 5.69 Å². The van der Waals surface area contributed by atoms with E-state index in [1.165, 1.54) is 0 Å². The van der Waals surface area contributed by atoms with Crippen molar-refractivity contribution in [1.29, 1.82) is 0 Å². The van der Waals surface area contributed by atoms with E-state index in [0.717, 1.165) is 16.9 Å². The summed E-state index contributed by atoms with van der Waals surface area (Å²) in [5.41, 5.74) is 3.90. The monoisotopic (exact) mass is 368 g/mol. The molecular weight excluding hydrogens is 344 g/mol. The second-order valence-electron chi connectivity index (χ2n) is 6.74. The fourth-order valence-electron chi connectivity index (χ4n) is 2.99. The number of nitrogens with zero attached hydrogens (tertiary/aromatic N) is 1. The highest BCUT2D eigenvalue weighted by atomic mass is 16.5. The van der Waals surface area contributed by atoms with Crippen LogP contribution in [0.4, 0.5) is 5.69 Å². The number of fused-ring (bicyclic) bond motifs is 1. The number of aromatic nitrogens is 2. The Morgan fingerprint density at radius 3 is 2.67 bits per heavy atom. The van der Waals surface area contributed by atoms with E-state index >= 15 is 0 Å². The topological polar surface area (TPSA) is 90.2 Å². The van der Waals surface area contributed by atoms with Gasteiger partial charge in [-0.15, -0.1) is 0 Å². The first-order valence-corrected chi connectivity index (χ1v) is 8.74. The highest BCUT2D eigenvalue weighted by Crippen LogP contribution is 2.22. The molecule has 7 nitrogen and oxygen atoms in total. The fourth-order valence-corrected chi connectivity index (χ4v) is 2.99. The van der Waals surface area contributed by atoms with E-state index in [9.17, 15) is 9.59 Å². The van der Waals surface area contributed by atoms with Crippen LogP contribution in [0.2, 0.25) is 0 Å². The Hall–Kier alpha value is -3.06.